The molecule has 4 N–H and O–H groups in total. The zero-order chi connectivity index (χ0) is 19.6. The van der Waals surface area contributed by atoms with Gasteiger partial charge < -0.3 is 20.8 Å². The predicted molar refractivity (Wildman–Crippen MR) is 109 cm³/mol. The number of hydrogen-bond acceptors (Lipinski definition) is 5. The highest BCUT2D eigenvalue weighted by Gasteiger charge is 2.28. The second-order valence-electron chi connectivity index (χ2n) is 6.70. The lowest BCUT2D eigenvalue weighted by Crippen LogP contribution is -2.34. The van der Waals surface area contributed by atoms with E-state index in [0.717, 1.165) is 23.5 Å². The number of likely N-dealkylation sites (tertiary alicyclic amines) is 1. The van der Waals surface area contributed by atoms with E-state index in [1.54, 1.807) is 17.8 Å². The molecule has 7 heteroatoms. The Bertz CT molecular complexity index is 665. The maximum Gasteiger partial charge on any atom is 0.303 e. The number of nitrogens with two attached hydrogens (primary N) is 1. The van der Waals surface area contributed by atoms with E-state index in [1.165, 1.54) is 0 Å². The molecule has 1 amide bonds. The van der Waals surface area contributed by atoms with E-state index in [4.69, 9.17) is 10.8 Å². The second-order valence-corrected chi connectivity index (χ2v) is 7.93. The Morgan fingerprint density at radius 2 is 2.22 bits per heavy atom. The minimum atomic E-state index is -0.771. The van der Waals surface area contributed by atoms with Crippen molar-refractivity contribution < 1.29 is 19.8 Å². The molecule has 148 valence electrons. The molecule has 1 saturated heterocycles. The Balaban J connectivity index is 1.77. The van der Waals surface area contributed by atoms with Gasteiger partial charge in [-0.25, -0.2) is 0 Å². The number of aliphatic carboxylic acids is 1. The number of hydrogen-bond donors (Lipinski definition) is 3. The lowest BCUT2D eigenvalue weighted by atomic mass is 10.1. The van der Waals surface area contributed by atoms with Gasteiger partial charge in [0.05, 0.1) is 12.1 Å². The van der Waals surface area contributed by atoms with Gasteiger partial charge in [-0.3, -0.25) is 9.59 Å². The third kappa shape index (κ3) is 7.64. The number of carboxylic acid groups (broad SMARTS) is 1. The van der Waals surface area contributed by atoms with E-state index < -0.39 is 12.1 Å². The van der Waals surface area contributed by atoms with Gasteiger partial charge in [0.15, 0.2) is 0 Å². The predicted octanol–water partition coefficient (Wildman–Crippen LogP) is 2.32. The number of carboxylic acids is 1. The zero-order valence-corrected chi connectivity index (χ0v) is 16.2. The van der Waals surface area contributed by atoms with Crippen LogP contribution >= 0.6 is 11.8 Å². The van der Waals surface area contributed by atoms with E-state index in [9.17, 15) is 14.7 Å². The summed E-state index contributed by atoms with van der Waals surface area (Å²) >= 11 is 1.67. The molecule has 0 bridgehead atoms. The maximum absolute atomic E-state index is 12.1. The molecule has 27 heavy (non-hydrogen) atoms. The molecule has 1 aromatic carbocycles. The summed E-state index contributed by atoms with van der Waals surface area (Å²) in [5.74, 6) is 0.948. The molecular formula is C20H28N2O4S. The van der Waals surface area contributed by atoms with Crippen molar-refractivity contribution >= 4 is 29.3 Å². The van der Waals surface area contributed by atoms with Crippen molar-refractivity contribution in [2.45, 2.75) is 44.2 Å². The number of amides is 1. The van der Waals surface area contributed by atoms with Crippen molar-refractivity contribution in [2.75, 3.05) is 23.8 Å². The topological polar surface area (TPSA) is 104 Å². The SMILES string of the molecule is Nc1cccc(C[C@H](O)/C=C/[C@H]2CCC(=O)N2CCSCCCC(=O)O)c1. The van der Waals surface area contributed by atoms with E-state index in [1.807, 2.05) is 35.2 Å². The molecule has 6 nitrogen and oxygen atoms in total. The first-order chi connectivity index (χ1) is 13.0. The lowest BCUT2D eigenvalue weighted by Gasteiger charge is -2.22. The van der Waals surface area contributed by atoms with Crippen molar-refractivity contribution in [3.63, 3.8) is 0 Å². The summed E-state index contributed by atoms with van der Waals surface area (Å²) in [7, 11) is 0. The van der Waals surface area contributed by atoms with Crippen LogP contribution in [0, 0.1) is 0 Å². The lowest BCUT2D eigenvalue weighted by molar-refractivity contribution is -0.137. The quantitative estimate of drug-likeness (QED) is 0.303. The number of carbonyl (C=O) groups excluding carboxylic acids is 1. The molecule has 0 saturated carbocycles. The van der Waals surface area contributed by atoms with Crippen LogP contribution in [0.25, 0.3) is 0 Å². The van der Waals surface area contributed by atoms with Gasteiger partial charge in [0.1, 0.15) is 0 Å². The molecule has 0 radical (unpaired) electrons. The van der Waals surface area contributed by atoms with Crippen LogP contribution in [0.2, 0.25) is 0 Å². The summed E-state index contributed by atoms with van der Waals surface area (Å²) < 4.78 is 0. The highest BCUT2D eigenvalue weighted by molar-refractivity contribution is 7.99. The minimum Gasteiger partial charge on any atom is -0.481 e. The van der Waals surface area contributed by atoms with Crippen molar-refractivity contribution in [3.8, 4) is 0 Å². The van der Waals surface area contributed by atoms with E-state index in [0.29, 0.717) is 31.5 Å². The molecule has 1 aliphatic heterocycles. The average molecular weight is 393 g/mol. The fourth-order valence-corrected chi connectivity index (χ4v) is 4.00. The van der Waals surface area contributed by atoms with Crippen LogP contribution in [0.4, 0.5) is 5.69 Å². The first kappa shape index (κ1) is 21.3. The average Bonchev–Trinajstić information content (AvgIpc) is 2.96. The van der Waals surface area contributed by atoms with Crippen LogP contribution in [0.15, 0.2) is 36.4 Å². The van der Waals surface area contributed by atoms with Crippen LogP contribution < -0.4 is 5.73 Å². The number of aliphatic hydroxyl groups excluding tert-OH is 1. The van der Waals surface area contributed by atoms with Crippen LogP contribution in [-0.4, -0.2) is 57.2 Å². The molecule has 1 heterocycles. The summed E-state index contributed by atoms with van der Waals surface area (Å²) in [6.45, 7) is 0.650. The highest BCUT2D eigenvalue weighted by Crippen LogP contribution is 2.21. The normalized spacial score (nSPS) is 18.3. The van der Waals surface area contributed by atoms with Gasteiger partial charge in [-0.1, -0.05) is 24.3 Å². The molecular weight excluding hydrogens is 364 g/mol. The molecule has 1 aromatic rings. The fraction of sp³-hybridized carbons (Fsp3) is 0.500. The van der Waals surface area contributed by atoms with Gasteiger partial charge in [-0.2, -0.15) is 11.8 Å². The van der Waals surface area contributed by atoms with Crippen molar-refractivity contribution in [2.24, 2.45) is 0 Å². The standard InChI is InChI=1S/C20H28N2O4S/c21-16-4-1-3-15(13-16)14-18(23)8-6-17-7-9-19(24)22(17)10-12-27-11-2-5-20(25)26/h1,3-4,6,8,13,17-18,23H,2,5,7,9-12,14,21H2,(H,25,26)/b8-6+/t17-,18+/m0/s1. The van der Waals surface area contributed by atoms with Gasteiger partial charge in [-0.15, -0.1) is 0 Å². The minimum absolute atomic E-state index is 0.0209. The van der Waals surface area contributed by atoms with Gasteiger partial charge in [-0.05, 0) is 36.3 Å². The van der Waals surface area contributed by atoms with E-state index in [-0.39, 0.29) is 18.4 Å². The first-order valence-corrected chi connectivity index (χ1v) is 10.4. The Morgan fingerprint density at radius 1 is 1.41 bits per heavy atom. The number of benzene rings is 1. The van der Waals surface area contributed by atoms with Crippen LogP contribution in [0.3, 0.4) is 0 Å². The Hall–Kier alpha value is -1.99. The number of aliphatic hydroxyl groups is 1. The Kier molecular flexibility index (Phi) is 8.67. The van der Waals surface area contributed by atoms with Gasteiger partial charge in [0.25, 0.3) is 0 Å². The summed E-state index contributed by atoms with van der Waals surface area (Å²) in [6, 6.07) is 7.48. The maximum atomic E-state index is 12.1. The number of nitrogen functional groups attached to an aromatic ring is 1. The second kappa shape index (κ2) is 11.0. The van der Waals surface area contributed by atoms with Gasteiger partial charge in [0.2, 0.25) is 5.91 Å². The van der Waals surface area contributed by atoms with Crippen LogP contribution in [0.1, 0.15) is 31.2 Å². The van der Waals surface area contributed by atoms with Crippen molar-refractivity contribution in [3.05, 3.63) is 42.0 Å². The monoisotopic (exact) mass is 392 g/mol. The smallest absolute Gasteiger partial charge is 0.303 e. The molecule has 0 aromatic heterocycles. The molecule has 2 atom stereocenters. The molecule has 0 unspecified atom stereocenters. The number of thioether (sulfide) groups is 1. The molecule has 1 fully saturated rings. The van der Waals surface area contributed by atoms with Gasteiger partial charge >= 0.3 is 5.97 Å². The summed E-state index contributed by atoms with van der Waals surface area (Å²) in [5, 5.41) is 18.9. The number of nitrogens with zero attached hydrogens (tertiary/aromatic N) is 1. The molecule has 1 aliphatic rings. The summed E-state index contributed by atoms with van der Waals surface area (Å²) in [5.41, 5.74) is 7.41. The van der Waals surface area contributed by atoms with E-state index >= 15 is 0 Å². The Morgan fingerprint density at radius 3 is 2.96 bits per heavy atom. The van der Waals surface area contributed by atoms with Crippen LogP contribution in [0.5, 0.6) is 0 Å². The highest BCUT2D eigenvalue weighted by atomic mass is 32.2. The third-order valence-corrected chi connectivity index (χ3v) is 5.53. The van der Waals surface area contributed by atoms with E-state index in [2.05, 4.69) is 0 Å². The zero-order valence-electron chi connectivity index (χ0n) is 15.4. The summed E-state index contributed by atoms with van der Waals surface area (Å²) in [6.07, 6.45) is 5.70. The largest absolute Gasteiger partial charge is 0.481 e. The third-order valence-electron chi connectivity index (χ3n) is 4.48. The Labute approximate surface area is 164 Å². The first-order valence-electron chi connectivity index (χ1n) is 9.25. The number of rotatable bonds is 11. The number of anilines is 1. The molecule has 0 spiro atoms. The van der Waals surface area contributed by atoms with Crippen LogP contribution in [-0.2, 0) is 16.0 Å². The molecule has 0 aliphatic carbocycles. The molecule has 2 rings (SSSR count). The fourth-order valence-electron chi connectivity index (χ4n) is 3.12. The van der Waals surface area contributed by atoms with Crippen molar-refractivity contribution in [1.82, 2.24) is 4.90 Å². The van der Waals surface area contributed by atoms with Crippen molar-refractivity contribution in [1.29, 1.82) is 0 Å². The van der Waals surface area contributed by atoms with Gasteiger partial charge in [0, 0.05) is 37.2 Å². The summed E-state index contributed by atoms with van der Waals surface area (Å²) in [4.78, 5) is 24.4. The number of carbonyl (C=O) groups is 2.